The molecule has 3 heteroatoms. The van der Waals surface area contributed by atoms with Gasteiger partial charge in [0.2, 0.25) is 0 Å². The average molecular weight is 292 g/mol. The zero-order valence-corrected chi connectivity index (χ0v) is 12.9. The molecular weight excluding hydrogens is 272 g/mol. The summed E-state index contributed by atoms with van der Waals surface area (Å²) in [5.74, 6) is 0. The van der Waals surface area contributed by atoms with Crippen LogP contribution in [-0.2, 0) is 10.3 Å². The van der Waals surface area contributed by atoms with E-state index in [1.54, 1.807) is 0 Å². The fourth-order valence-electron chi connectivity index (χ4n) is 3.67. The van der Waals surface area contributed by atoms with Crippen LogP contribution in [0.3, 0.4) is 0 Å². The van der Waals surface area contributed by atoms with Crippen LogP contribution in [-0.4, -0.2) is 17.1 Å². The molecule has 0 bridgehead atoms. The van der Waals surface area contributed by atoms with Crippen LogP contribution in [0.5, 0.6) is 0 Å². The summed E-state index contributed by atoms with van der Waals surface area (Å²) < 4.78 is 5.94. The highest BCUT2D eigenvalue weighted by Crippen LogP contribution is 2.40. The predicted octanol–water partition coefficient (Wildman–Crippen LogP) is 4.59. The van der Waals surface area contributed by atoms with Crippen molar-refractivity contribution in [2.75, 3.05) is 7.11 Å². The van der Waals surface area contributed by atoms with E-state index in [1.807, 2.05) is 19.4 Å². The Bertz CT molecular complexity index is 822. The van der Waals surface area contributed by atoms with Gasteiger partial charge in [-0.2, -0.15) is 0 Å². The molecule has 0 saturated heterocycles. The van der Waals surface area contributed by atoms with Gasteiger partial charge in [-0.05, 0) is 25.0 Å². The summed E-state index contributed by atoms with van der Waals surface area (Å²) in [5.41, 5.74) is 2.80. The lowest BCUT2D eigenvalue weighted by molar-refractivity contribution is -0.0476. The van der Waals surface area contributed by atoms with Gasteiger partial charge in [0.1, 0.15) is 5.60 Å². The third kappa shape index (κ3) is 2.08. The topological polar surface area (TPSA) is 35.0 Å². The van der Waals surface area contributed by atoms with Gasteiger partial charge in [-0.15, -0.1) is 0 Å². The van der Waals surface area contributed by atoms with E-state index >= 15 is 0 Å². The molecule has 3 aromatic rings. The van der Waals surface area contributed by atoms with Crippen molar-refractivity contribution < 1.29 is 4.74 Å². The predicted molar refractivity (Wildman–Crippen MR) is 88.8 cm³/mol. The first-order valence-corrected chi connectivity index (χ1v) is 8.03. The third-order valence-electron chi connectivity index (χ3n) is 4.95. The second-order valence-corrected chi connectivity index (χ2v) is 6.17. The van der Waals surface area contributed by atoms with Gasteiger partial charge in [-0.1, -0.05) is 43.5 Å². The lowest BCUT2D eigenvalue weighted by atomic mass is 9.81. The summed E-state index contributed by atoms with van der Waals surface area (Å²) in [5, 5.41) is 2.27. The van der Waals surface area contributed by atoms with Gasteiger partial charge in [0.25, 0.3) is 0 Å². The standard InChI is InChI=1S/C19H20N2O/c1-22-19(11-3-2-4-12-19)16-10-9-15-8-7-14-6-5-13-20-17(14)18(15)21-16/h5-10,13H,2-4,11-12H2,1H3. The minimum Gasteiger partial charge on any atom is -0.372 e. The molecule has 0 unspecified atom stereocenters. The number of rotatable bonds is 2. The van der Waals surface area contributed by atoms with Crippen molar-refractivity contribution in [2.45, 2.75) is 37.7 Å². The van der Waals surface area contributed by atoms with Crippen LogP contribution < -0.4 is 0 Å². The Kier molecular flexibility index (Phi) is 3.30. The number of hydrogen-bond acceptors (Lipinski definition) is 3. The quantitative estimate of drug-likeness (QED) is 0.648. The van der Waals surface area contributed by atoms with E-state index in [9.17, 15) is 0 Å². The number of hydrogen-bond donors (Lipinski definition) is 0. The molecule has 0 atom stereocenters. The molecule has 0 amide bonds. The summed E-state index contributed by atoms with van der Waals surface area (Å²) in [6.07, 6.45) is 7.66. The van der Waals surface area contributed by atoms with E-state index in [-0.39, 0.29) is 5.60 Å². The summed E-state index contributed by atoms with van der Waals surface area (Å²) >= 11 is 0. The van der Waals surface area contributed by atoms with E-state index in [2.05, 4.69) is 35.3 Å². The van der Waals surface area contributed by atoms with E-state index < -0.39 is 0 Å². The minimum atomic E-state index is -0.219. The number of aromatic nitrogens is 2. The van der Waals surface area contributed by atoms with Crippen LogP contribution in [0.25, 0.3) is 21.8 Å². The first-order valence-electron chi connectivity index (χ1n) is 8.03. The van der Waals surface area contributed by atoms with E-state index in [1.165, 1.54) is 19.3 Å². The highest BCUT2D eigenvalue weighted by molar-refractivity contribution is 6.02. The molecule has 4 rings (SSSR count). The number of benzene rings is 1. The molecule has 2 aromatic heterocycles. The smallest absolute Gasteiger partial charge is 0.110 e. The Morgan fingerprint density at radius 2 is 1.64 bits per heavy atom. The molecule has 1 aromatic carbocycles. The van der Waals surface area contributed by atoms with Crippen LogP contribution in [0.2, 0.25) is 0 Å². The van der Waals surface area contributed by atoms with Crippen molar-refractivity contribution in [3.63, 3.8) is 0 Å². The zero-order chi connectivity index (χ0) is 15.0. The van der Waals surface area contributed by atoms with Gasteiger partial charge in [-0.25, -0.2) is 4.98 Å². The van der Waals surface area contributed by atoms with Crippen molar-refractivity contribution in [3.05, 3.63) is 48.3 Å². The Morgan fingerprint density at radius 3 is 2.41 bits per heavy atom. The molecule has 0 aliphatic heterocycles. The maximum Gasteiger partial charge on any atom is 0.110 e. The highest BCUT2D eigenvalue weighted by Gasteiger charge is 2.35. The molecule has 0 radical (unpaired) electrons. The van der Waals surface area contributed by atoms with Crippen molar-refractivity contribution in [2.24, 2.45) is 0 Å². The van der Waals surface area contributed by atoms with Crippen molar-refractivity contribution in [1.82, 2.24) is 9.97 Å². The Labute approximate surface area is 130 Å². The molecule has 1 fully saturated rings. The van der Waals surface area contributed by atoms with Crippen molar-refractivity contribution in [1.29, 1.82) is 0 Å². The van der Waals surface area contributed by atoms with Crippen LogP contribution in [0, 0.1) is 0 Å². The van der Waals surface area contributed by atoms with Gasteiger partial charge >= 0.3 is 0 Å². The number of nitrogens with zero attached hydrogens (tertiary/aromatic N) is 2. The third-order valence-corrected chi connectivity index (χ3v) is 4.95. The molecule has 1 aliphatic carbocycles. The SMILES string of the molecule is COC1(c2ccc3ccc4cccnc4c3n2)CCCCC1. The minimum absolute atomic E-state index is 0.219. The maximum absolute atomic E-state index is 5.94. The molecule has 112 valence electrons. The lowest BCUT2D eigenvalue weighted by Gasteiger charge is -2.35. The molecular formula is C19H20N2O. The number of fused-ring (bicyclic) bond motifs is 3. The van der Waals surface area contributed by atoms with Crippen LogP contribution in [0.1, 0.15) is 37.8 Å². The van der Waals surface area contributed by atoms with Gasteiger partial charge in [0, 0.05) is 24.1 Å². The van der Waals surface area contributed by atoms with E-state index in [4.69, 9.17) is 9.72 Å². The Balaban J connectivity index is 1.94. The first-order chi connectivity index (χ1) is 10.8. The van der Waals surface area contributed by atoms with E-state index in [0.717, 1.165) is 40.3 Å². The normalized spacial score (nSPS) is 17.9. The fraction of sp³-hybridized carbons (Fsp3) is 0.368. The lowest BCUT2D eigenvalue weighted by Crippen LogP contribution is -2.32. The van der Waals surface area contributed by atoms with Crippen molar-refractivity contribution in [3.8, 4) is 0 Å². The zero-order valence-electron chi connectivity index (χ0n) is 12.9. The number of pyridine rings is 2. The second-order valence-electron chi connectivity index (χ2n) is 6.17. The summed E-state index contributed by atoms with van der Waals surface area (Å²) in [6.45, 7) is 0. The van der Waals surface area contributed by atoms with Gasteiger partial charge < -0.3 is 4.74 Å². The molecule has 1 saturated carbocycles. The molecule has 3 nitrogen and oxygen atoms in total. The highest BCUT2D eigenvalue weighted by atomic mass is 16.5. The van der Waals surface area contributed by atoms with Crippen LogP contribution in [0.15, 0.2) is 42.6 Å². The monoisotopic (exact) mass is 292 g/mol. The second kappa shape index (κ2) is 5.33. The average Bonchev–Trinajstić information content (AvgIpc) is 2.61. The number of methoxy groups -OCH3 is 1. The summed E-state index contributed by atoms with van der Waals surface area (Å²) in [6, 6.07) is 12.6. The molecule has 2 heterocycles. The maximum atomic E-state index is 5.94. The van der Waals surface area contributed by atoms with Crippen LogP contribution in [0.4, 0.5) is 0 Å². The Morgan fingerprint density at radius 1 is 0.909 bits per heavy atom. The fourth-order valence-corrected chi connectivity index (χ4v) is 3.67. The molecule has 22 heavy (non-hydrogen) atoms. The van der Waals surface area contributed by atoms with E-state index in [0.29, 0.717) is 0 Å². The summed E-state index contributed by atoms with van der Waals surface area (Å²) in [4.78, 5) is 9.52. The first kappa shape index (κ1) is 13.6. The summed E-state index contributed by atoms with van der Waals surface area (Å²) in [7, 11) is 1.82. The number of ether oxygens (including phenoxy) is 1. The van der Waals surface area contributed by atoms with Gasteiger partial charge in [-0.3, -0.25) is 4.98 Å². The Hall–Kier alpha value is -2.00. The molecule has 1 aliphatic rings. The van der Waals surface area contributed by atoms with Crippen molar-refractivity contribution >= 4 is 21.8 Å². The molecule has 0 spiro atoms. The van der Waals surface area contributed by atoms with Gasteiger partial charge in [0.05, 0.1) is 16.7 Å². The van der Waals surface area contributed by atoms with Gasteiger partial charge in [0.15, 0.2) is 0 Å². The van der Waals surface area contributed by atoms with Crippen LogP contribution >= 0.6 is 0 Å². The molecule has 0 N–H and O–H groups in total. The largest absolute Gasteiger partial charge is 0.372 e.